The largest absolute Gasteiger partial charge is 0.507 e. The van der Waals surface area contributed by atoms with Gasteiger partial charge in [-0.3, -0.25) is 0 Å². The third-order valence-corrected chi connectivity index (χ3v) is 3.91. The van der Waals surface area contributed by atoms with Crippen LogP contribution in [0, 0.1) is 0 Å². The zero-order valence-corrected chi connectivity index (χ0v) is 15.5. The van der Waals surface area contributed by atoms with E-state index in [4.69, 9.17) is 0 Å². The van der Waals surface area contributed by atoms with Crippen molar-refractivity contribution >= 4 is 12.0 Å². The van der Waals surface area contributed by atoms with Crippen molar-refractivity contribution in [3.8, 4) is 11.5 Å². The van der Waals surface area contributed by atoms with E-state index >= 15 is 0 Å². The summed E-state index contributed by atoms with van der Waals surface area (Å²) in [5.74, 6) is -1.66. The summed E-state index contributed by atoms with van der Waals surface area (Å²) < 4.78 is 0. The molecule has 136 valence electrons. The van der Waals surface area contributed by atoms with Gasteiger partial charge in [-0.1, -0.05) is 42.4 Å². The van der Waals surface area contributed by atoms with E-state index in [2.05, 4.69) is 19.9 Å². The number of carboxylic acids is 1. The van der Waals surface area contributed by atoms with Crippen molar-refractivity contribution in [3.63, 3.8) is 0 Å². The highest BCUT2D eigenvalue weighted by Gasteiger charge is 2.20. The first-order valence-corrected chi connectivity index (χ1v) is 8.54. The van der Waals surface area contributed by atoms with E-state index in [0.29, 0.717) is 5.56 Å². The molecule has 4 heteroatoms. The standard InChI is InChI=1S/C21H28O4/c1-5-6-10-16-13-18(22)17(20(23)19(16)21(24)25)12-11-15(4)9-7-8-14(2)3/h6,8,10-11,13,22-23H,5,7,9,12H2,1-4H3,(H,24,25)/b10-6+,15-11+. The van der Waals surface area contributed by atoms with Crippen LogP contribution in [0.4, 0.5) is 0 Å². The van der Waals surface area contributed by atoms with Gasteiger partial charge in [-0.05, 0) is 58.1 Å². The zero-order valence-electron chi connectivity index (χ0n) is 15.5. The lowest BCUT2D eigenvalue weighted by Crippen LogP contribution is -2.03. The van der Waals surface area contributed by atoms with Crippen LogP contribution in [0.1, 0.15) is 68.4 Å². The topological polar surface area (TPSA) is 77.8 Å². The lowest BCUT2D eigenvalue weighted by Gasteiger charge is -2.12. The number of allylic oxidation sites excluding steroid dienone is 5. The second-order valence-electron chi connectivity index (χ2n) is 6.38. The van der Waals surface area contributed by atoms with Gasteiger partial charge in [0.2, 0.25) is 0 Å². The molecule has 0 amide bonds. The van der Waals surface area contributed by atoms with E-state index in [0.717, 1.165) is 24.8 Å². The minimum absolute atomic E-state index is 0.0911. The molecule has 0 radical (unpaired) electrons. The predicted octanol–water partition coefficient (Wildman–Crippen LogP) is 5.45. The Bertz CT molecular complexity index is 705. The van der Waals surface area contributed by atoms with E-state index in [1.807, 2.05) is 19.9 Å². The van der Waals surface area contributed by atoms with Crippen molar-refractivity contribution in [1.29, 1.82) is 0 Å². The Labute approximate surface area is 149 Å². The molecule has 0 saturated heterocycles. The van der Waals surface area contributed by atoms with E-state index in [1.165, 1.54) is 11.6 Å². The van der Waals surface area contributed by atoms with Gasteiger partial charge in [0, 0.05) is 5.56 Å². The molecule has 3 N–H and O–H groups in total. The summed E-state index contributed by atoms with van der Waals surface area (Å²) in [6.45, 7) is 8.02. The maximum absolute atomic E-state index is 11.5. The highest BCUT2D eigenvalue weighted by atomic mass is 16.4. The maximum Gasteiger partial charge on any atom is 0.340 e. The van der Waals surface area contributed by atoms with Crippen LogP contribution in [0.3, 0.4) is 0 Å². The average molecular weight is 344 g/mol. The molecule has 1 aromatic carbocycles. The van der Waals surface area contributed by atoms with Crippen LogP contribution in [-0.4, -0.2) is 21.3 Å². The Morgan fingerprint density at radius 2 is 1.84 bits per heavy atom. The zero-order chi connectivity index (χ0) is 19.0. The van der Waals surface area contributed by atoms with Crippen LogP contribution < -0.4 is 0 Å². The SMILES string of the molecule is CC/C=C/c1cc(O)c(C/C=C(\C)CCC=C(C)C)c(O)c1C(=O)O. The number of phenolic OH excluding ortho intramolecular Hbond substituents is 1. The molecule has 1 rings (SSSR count). The summed E-state index contributed by atoms with van der Waals surface area (Å²) in [5.41, 5.74) is 2.77. The van der Waals surface area contributed by atoms with Gasteiger partial charge in [-0.25, -0.2) is 4.79 Å². The second-order valence-corrected chi connectivity index (χ2v) is 6.38. The van der Waals surface area contributed by atoms with Gasteiger partial charge in [0.15, 0.2) is 0 Å². The summed E-state index contributed by atoms with van der Waals surface area (Å²) in [6.07, 6.45) is 10.3. The maximum atomic E-state index is 11.5. The summed E-state index contributed by atoms with van der Waals surface area (Å²) >= 11 is 0. The minimum atomic E-state index is -1.21. The van der Waals surface area contributed by atoms with Crippen molar-refractivity contribution < 1.29 is 20.1 Å². The van der Waals surface area contributed by atoms with E-state index in [-0.39, 0.29) is 29.0 Å². The molecule has 0 aromatic heterocycles. The molecule has 1 aromatic rings. The van der Waals surface area contributed by atoms with Gasteiger partial charge in [-0.2, -0.15) is 0 Å². The minimum Gasteiger partial charge on any atom is -0.507 e. The van der Waals surface area contributed by atoms with Crippen molar-refractivity contribution in [2.75, 3.05) is 0 Å². The number of phenols is 2. The van der Waals surface area contributed by atoms with Crippen LogP contribution in [0.15, 0.2) is 35.4 Å². The molecule has 0 spiro atoms. The van der Waals surface area contributed by atoms with E-state index in [1.54, 1.807) is 12.2 Å². The average Bonchev–Trinajstić information content (AvgIpc) is 2.51. The Balaban J connectivity index is 3.12. The summed E-state index contributed by atoms with van der Waals surface area (Å²) in [7, 11) is 0. The Morgan fingerprint density at radius 3 is 2.40 bits per heavy atom. The number of aromatic hydroxyl groups is 2. The summed E-state index contributed by atoms with van der Waals surface area (Å²) in [4.78, 5) is 11.5. The van der Waals surface area contributed by atoms with Crippen molar-refractivity contribution in [1.82, 2.24) is 0 Å². The monoisotopic (exact) mass is 344 g/mol. The highest BCUT2D eigenvalue weighted by molar-refractivity contribution is 5.96. The fourth-order valence-electron chi connectivity index (χ4n) is 2.48. The molecular formula is C21H28O4. The number of carbonyl (C=O) groups is 1. The van der Waals surface area contributed by atoms with Gasteiger partial charge in [0.1, 0.15) is 17.1 Å². The molecule has 0 heterocycles. The van der Waals surface area contributed by atoms with Gasteiger partial charge in [0.05, 0.1) is 0 Å². The molecule has 25 heavy (non-hydrogen) atoms. The van der Waals surface area contributed by atoms with Crippen molar-refractivity contribution in [2.24, 2.45) is 0 Å². The molecule has 0 fully saturated rings. The number of carboxylic acid groups (broad SMARTS) is 1. The quantitative estimate of drug-likeness (QED) is 0.548. The van der Waals surface area contributed by atoms with Gasteiger partial charge in [-0.15, -0.1) is 0 Å². The highest BCUT2D eigenvalue weighted by Crippen LogP contribution is 2.35. The molecule has 0 aliphatic carbocycles. The number of hydrogen-bond donors (Lipinski definition) is 3. The molecule has 0 bridgehead atoms. The van der Waals surface area contributed by atoms with Crippen molar-refractivity contribution in [3.05, 3.63) is 52.1 Å². The van der Waals surface area contributed by atoms with Crippen LogP contribution in [0.2, 0.25) is 0 Å². The Kier molecular flexibility index (Phi) is 7.99. The lowest BCUT2D eigenvalue weighted by atomic mass is 9.97. The predicted molar refractivity (Wildman–Crippen MR) is 102 cm³/mol. The van der Waals surface area contributed by atoms with Crippen molar-refractivity contribution in [2.45, 2.75) is 53.4 Å². The molecule has 4 nitrogen and oxygen atoms in total. The summed E-state index contributed by atoms with van der Waals surface area (Å²) in [5, 5.41) is 30.0. The smallest absolute Gasteiger partial charge is 0.340 e. The fraction of sp³-hybridized carbons (Fsp3) is 0.381. The van der Waals surface area contributed by atoms with Gasteiger partial charge >= 0.3 is 5.97 Å². The number of rotatable bonds is 8. The first kappa shape index (κ1) is 20.6. The third kappa shape index (κ3) is 6.14. The van der Waals surface area contributed by atoms with Crippen LogP contribution in [-0.2, 0) is 6.42 Å². The van der Waals surface area contributed by atoms with Crippen LogP contribution in [0.5, 0.6) is 11.5 Å². The molecule has 0 aliphatic rings. The van der Waals surface area contributed by atoms with E-state index in [9.17, 15) is 20.1 Å². The second kappa shape index (κ2) is 9.72. The molecule has 0 saturated carbocycles. The molecular weight excluding hydrogens is 316 g/mol. The molecule has 0 unspecified atom stereocenters. The van der Waals surface area contributed by atoms with Gasteiger partial charge < -0.3 is 15.3 Å². The van der Waals surface area contributed by atoms with Gasteiger partial charge in [0.25, 0.3) is 0 Å². The van der Waals surface area contributed by atoms with Crippen LogP contribution in [0.25, 0.3) is 6.08 Å². The normalized spacial score (nSPS) is 11.8. The molecule has 0 aliphatic heterocycles. The number of hydrogen-bond acceptors (Lipinski definition) is 3. The molecule has 0 atom stereocenters. The lowest BCUT2D eigenvalue weighted by molar-refractivity contribution is 0.0693. The first-order chi connectivity index (χ1) is 11.8. The number of benzene rings is 1. The fourth-order valence-corrected chi connectivity index (χ4v) is 2.48. The van der Waals surface area contributed by atoms with Crippen LogP contribution >= 0.6 is 0 Å². The first-order valence-electron chi connectivity index (χ1n) is 8.54. The Hall–Kier alpha value is -2.49. The number of aromatic carboxylic acids is 1. The summed E-state index contributed by atoms with van der Waals surface area (Å²) in [6, 6.07) is 1.40. The van der Waals surface area contributed by atoms with E-state index < -0.39 is 5.97 Å². The third-order valence-electron chi connectivity index (χ3n) is 3.91. The Morgan fingerprint density at radius 1 is 1.16 bits per heavy atom.